The second kappa shape index (κ2) is 8.49. The van der Waals surface area contributed by atoms with Gasteiger partial charge in [-0.15, -0.1) is 0 Å². The van der Waals surface area contributed by atoms with Crippen molar-refractivity contribution in [2.45, 2.75) is 27.2 Å². The molecule has 6 nitrogen and oxygen atoms in total. The van der Waals surface area contributed by atoms with Gasteiger partial charge in [0.25, 0.3) is 5.56 Å². The number of anilines is 1. The Hall–Kier alpha value is -3.46. The smallest absolute Gasteiger partial charge is 0.282 e. The fourth-order valence-electron chi connectivity index (χ4n) is 3.15. The van der Waals surface area contributed by atoms with E-state index in [2.05, 4.69) is 34.0 Å². The molecule has 0 aliphatic carbocycles. The number of aryl methyl sites for hydroxylation is 2. The number of hydrogen-bond acceptors (Lipinski definition) is 5. The fourth-order valence-corrected chi connectivity index (χ4v) is 3.15. The van der Waals surface area contributed by atoms with Crippen molar-refractivity contribution in [3.8, 4) is 6.07 Å². The van der Waals surface area contributed by atoms with E-state index < -0.39 is 0 Å². The predicted octanol–water partition coefficient (Wildman–Crippen LogP) is 3.64. The SMILES string of the molecule is CCN(CCC#N)c1ccc(/C=N\n2c(C)nc3ccccc3c2=O)c(C)c1. The highest BCUT2D eigenvalue weighted by atomic mass is 16.1. The van der Waals surface area contributed by atoms with Gasteiger partial charge in [-0.1, -0.05) is 18.2 Å². The van der Waals surface area contributed by atoms with Crippen LogP contribution in [0.4, 0.5) is 5.69 Å². The van der Waals surface area contributed by atoms with E-state index in [1.165, 1.54) is 4.68 Å². The maximum Gasteiger partial charge on any atom is 0.282 e. The van der Waals surface area contributed by atoms with Crippen molar-refractivity contribution in [1.29, 1.82) is 5.26 Å². The summed E-state index contributed by atoms with van der Waals surface area (Å²) in [5.41, 5.74) is 3.56. The molecule has 28 heavy (non-hydrogen) atoms. The second-order valence-electron chi connectivity index (χ2n) is 6.57. The monoisotopic (exact) mass is 373 g/mol. The third kappa shape index (κ3) is 3.94. The summed E-state index contributed by atoms with van der Waals surface area (Å²) in [4.78, 5) is 19.3. The third-order valence-corrected chi connectivity index (χ3v) is 4.72. The molecule has 0 amide bonds. The van der Waals surface area contributed by atoms with E-state index in [0.29, 0.717) is 29.7 Å². The highest BCUT2D eigenvalue weighted by Crippen LogP contribution is 2.19. The summed E-state index contributed by atoms with van der Waals surface area (Å²) in [6, 6.07) is 15.5. The maximum atomic E-state index is 12.7. The molecule has 0 atom stereocenters. The largest absolute Gasteiger partial charge is 0.371 e. The molecular weight excluding hydrogens is 350 g/mol. The van der Waals surface area contributed by atoms with E-state index in [-0.39, 0.29) is 5.56 Å². The van der Waals surface area contributed by atoms with Gasteiger partial charge in [0.15, 0.2) is 0 Å². The standard InChI is InChI=1S/C22H23N5O/c1-4-26(13-7-12-23)19-11-10-18(16(2)14-19)15-24-27-17(3)25-21-9-6-5-8-20(21)22(27)28/h5-6,8-11,14-15H,4,7,13H2,1-3H3/b24-15-. The van der Waals surface area contributed by atoms with Crippen molar-refractivity contribution in [3.63, 3.8) is 0 Å². The zero-order chi connectivity index (χ0) is 20.1. The number of aromatic nitrogens is 2. The zero-order valence-corrected chi connectivity index (χ0v) is 16.4. The summed E-state index contributed by atoms with van der Waals surface area (Å²) >= 11 is 0. The Labute approximate surface area is 164 Å². The Morgan fingerprint density at radius 3 is 2.75 bits per heavy atom. The Morgan fingerprint density at radius 1 is 1.25 bits per heavy atom. The second-order valence-corrected chi connectivity index (χ2v) is 6.57. The Bertz CT molecular complexity index is 1120. The van der Waals surface area contributed by atoms with Crippen LogP contribution in [-0.2, 0) is 0 Å². The van der Waals surface area contributed by atoms with Gasteiger partial charge >= 0.3 is 0 Å². The summed E-state index contributed by atoms with van der Waals surface area (Å²) in [5.74, 6) is 0.544. The van der Waals surface area contributed by atoms with Crippen LogP contribution in [-0.4, -0.2) is 29.0 Å². The number of para-hydroxylation sites is 1. The van der Waals surface area contributed by atoms with Crippen molar-refractivity contribution < 1.29 is 0 Å². The first-order chi connectivity index (χ1) is 13.5. The topological polar surface area (TPSA) is 74.3 Å². The van der Waals surface area contributed by atoms with E-state index in [9.17, 15) is 4.79 Å². The lowest BCUT2D eigenvalue weighted by Crippen LogP contribution is -2.23. The van der Waals surface area contributed by atoms with E-state index in [0.717, 1.165) is 23.4 Å². The fraction of sp³-hybridized carbons (Fsp3) is 0.273. The molecule has 0 radical (unpaired) electrons. The number of rotatable bonds is 6. The zero-order valence-electron chi connectivity index (χ0n) is 16.4. The average Bonchev–Trinajstić information content (AvgIpc) is 2.69. The first-order valence-electron chi connectivity index (χ1n) is 9.30. The molecular formula is C22H23N5O. The lowest BCUT2D eigenvalue weighted by Gasteiger charge is -2.22. The first-order valence-corrected chi connectivity index (χ1v) is 9.30. The lowest BCUT2D eigenvalue weighted by molar-refractivity contribution is 0.770. The summed E-state index contributed by atoms with van der Waals surface area (Å²) < 4.78 is 1.33. The molecule has 142 valence electrons. The van der Waals surface area contributed by atoms with Crippen LogP contribution in [0.25, 0.3) is 10.9 Å². The molecule has 0 N–H and O–H groups in total. The maximum absolute atomic E-state index is 12.7. The molecule has 6 heteroatoms. The van der Waals surface area contributed by atoms with E-state index in [1.807, 2.05) is 37.3 Å². The summed E-state index contributed by atoms with van der Waals surface area (Å²) in [5, 5.41) is 13.8. The van der Waals surface area contributed by atoms with Gasteiger partial charge in [-0.2, -0.15) is 15.0 Å². The highest BCUT2D eigenvalue weighted by molar-refractivity contribution is 5.83. The molecule has 0 bridgehead atoms. The van der Waals surface area contributed by atoms with Crippen molar-refractivity contribution >= 4 is 22.8 Å². The first kappa shape index (κ1) is 19.3. The van der Waals surface area contributed by atoms with E-state index in [1.54, 1.807) is 19.2 Å². The third-order valence-electron chi connectivity index (χ3n) is 4.72. The number of fused-ring (bicyclic) bond motifs is 1. The number of nitrogens with zero attached hydrogens (tertiary/aromatic N) is 5. The van der Waals surface area contributed by atoms with Gasteiger partial charge in [-0.3, -0.25) is 4.79 Å². The van der Waals surface area contributed by atoms with Crippen molar-refractivity contribution in [1.82, 2.24) is 9.66 Å². The van der Waals surface area contributed by atoms with Gasteiger partial charge in [-0.25, -0.2) is 4.98 Å². The molecule has 1 aromatic heterocycles. The Kier molecular flexibility index (Phi) is 5.85. The normalized spacial score (nSPS) is 11.1. The lowest BCUT2D eigenvalue weighted by atomic mass is 10.1. The van der Waals surface area contributed by atoms with Gasteiger partial charge in [-0.05, 0) is 56.2 Å². The molecule has 1 heterocycles. The Balaban J connectivity index is 1.92. The van der Waals surface area contributed by atoms with E-state index in [4.69, 9.17) is 5.26 Å². The molecule has 0 saturated carbocycles. The van der Waals surface area contributed by atoms with Crippen molar-refractivity contribution in [3.05, 3.63) is 69.8 Å². The Morgan fingerprint density at radius 2 is 2.04 bits per heavy atom. The predicted molar refractivity (Wildman–Crippen MR) is 113 cm³/mol. The minimum absolute atomic E-state index is 0.178. The van der Waals surface area contributed by atoms with Crippen LogP contribution < -0.4 is 10.5 Å². The van der Waals surface area contributed by atoms with Crippen molar-refractivity contribution in [2.24, 2.45) is 5.10 Å². The molecule has 0 aliphatic rings. The van der Waals surface area contributed by atoms with Crippen LogP contribution in [0.3, 0.4) is 0 Å². The van der Waals surface area contributed by atoms with E-state index >= 15 is 0 Å². The molecule has 0 fully saturated rings. The van der Waals surface area contributed by atoms with Crippen molar-refractivity contribution in [2.75, 3.05) is 18.0 Å². The number of nitriles is 1. The van der Waals surface area contributed by atoms with Gasteiger partial charge < -0.3 is 4.90 Å². The highest BCUT2D eigenvalue weighted by Gasteiger charge is 2.08. The summed E-state index contributed by atoms with van der Waals surface area (Å²) in [7, 11) is 0. The quantitative estimate of drug-likeness (QED) is 0.618. The van der Waals surface area contributed by atoms with Gasteiger partial charge in [0.05, 0.1) is 29.6 Å². The average molecular weight is 373 g/mol. The molecule has 0 spiro atoms. The van der Waals surface area contributed by atoms with Crippen LogP contribution in [0.15, 0.2) is 52.4 Å². The van der Waals surface area contributed by atoms with Crippen LogP contribution in [0.1, 0.15) is 30.3 Å². The molecule has 3 aromatic rings. The number of hydrogen-bond donors (Lipinski definition) is 0. The summed E-state index contributed by atoms with van der Waals surface area (Å²) in [6.45, 7) is 7.40. The van der Waals surface area contributed by atoms with Crippen LogP contribution in [0.5, 0.6) is 0 Å². The minimum atomic E-state index is -0.178. The molecule has 3 rings (SSSR count). The van der Waals surface area contributed by atoms with Crippen LogP contribution in [0.2, 0.25) is 0 Å². The van der Waals surface area contributed by atoms with Gasteiger partial charge in [0.1, 0.15) is 5.82 Å². The molecule has 0 unspecified atom stereocenters. The van der Waals surface area contributed by atoms with Crippen LogP contribution >= 0.6 is 0 Å². The molecule has 0 aliphatic heterocycles. The van der Waals surface area contributed by atoms with Crippen LogP contribution in [0, 0.1) is 25.2 Å². The number of benzene rings is 2. The van der Waals surface area contributed by atoms with Gasteiger partial charge in [0, 0.05) is 18.8 Å². The minimum Gasteiger partial charge on any atom is -0.371 e. The molecule has 0 saturated heterocycles. The van der Waals surface area contributed by atoms with Gasteiger partial charge in [0.2, 0.25) is 0 Å². The summed E-state index contributed by atoms with van der Waals surface area (Å²) in [6.07, 6.45) is 2.18. The molecule has 2 aromatic carbocycles.